The van der Waals surface area contributed by atoms with Crippen LogP contribution in [0.25, 0.3) is 0 Å². The van der Waals surface area contributed by atoms with Gasteiger partial charge in [0.15, 0.2) is 0 Å². The Balaban J connectivity index is 2.78. The predicted molar refractivity (Wildman–Crippen MR) is 59.7 cm³/mol. The van der Waals surface area contributed by atoms with Crippen LogP contribution in [0.15, 0.2) is 0 Å². The molecule has 78 valence electrons. The molecule has 0 aromatic heterocycles. The van der Waals surface area contributed by atoms with Crippen molar-refractivity contribution in [3.05, 3.63) is 0 Å². The van der Waals surface area contributed by atoms with Crippen molar-refractivity contribution in [2.45, 2.75) is 60.8 Å². The normalized spacial score (nSPS) is 39.5. The van der Waals surface area contributed by atoms with Gasteiger partial charge in [-0.05, 0) is 41.9 Å². The van der Waals surface area contributed by atoms with Gasteiger partial charge in [-0.1, -0.05) is 41.5 Å². The van der Waals surface area contributed by atoms with Crippen LogP contribution in [-0.4, -0.2) is 0 Å². The van der Waals surface area contributed by atoms with E-state index in [0.717, 1.165) is 11.8 Å². The van der Waals surface area contributed by atoms with E-state index in [2.05, 4.69) is 41.5 Å². The van der Waals surface area contributed by atoms with Gasteiger partial charge in [-0.15, -0.1) is 0 Å². The second kappa shape index (κ2) is 3.29. The van der Waals surface area contributed by atoms with Crippen molar-refractivity contribution in [3.63, 3.8) is 0 Å². The topological polar surface area (TPSA) is 0 Å². The van der Waals surface area contributed by atoms with Gasteiger partial charge in [0.2, 0.25) is 0 Å². The fourth-order valence-electron chi connectivity index (χ4n) is 3.49. The third-order valence-electron chi connectivity index (χ3n) is 3.99. The van der Waals surface area contributed by atoms with Gasteiger partial charge >= 0.3 is 0 Å². The Labute approximate surface area is 84.1 Å². The molecule has 2 atom stereocenters. The molecule has 1 aliphatic rings. The lowest BCUT2D eigenvalue weighted by Crippen LogP contribution is -2.38. The van der Waals surface area contributed by atoms with Gasteiger partial charge in [-0.25, -0.2) is 0 Å². The smallest absolute Gasteiger partial charge is 0.0295 e. The summed E-state index contributed by atoms with van der Waals surface area (Å²) < 4.78 is 0. The molecule has 0 N–H and O–H groups in total. The Bertz CT molecular complexity index is 178. The van der Waals surface area contributed by atoms with Crippen LogP contribution in [0.2, 0.25) is 0 Å². The van der Waals surface area contributed by atoms with E-state index in [1.54, 1.807) is 0 Å². The van der Waals surface area contributed by atoms with Gasteiger partial charge in [0.1, 0.15) is 0 Å². The second-order valence-corrected chi connectivity index (χ2v) is 6.66. The fraction of sp³-hybridized carbons (Fsp3) is 1.00. The van der Waals surface area contributed by atoms with E-state index in [0.29, 0.717) is 10.8 Å². The highest BCUT2D eigenvalue weighted by molar-refractivity contribution is 4.91. The SMILES string of the molecule is CC(C)[C@]1(C)C[C@@H](C)CC(C)(C)C1. The maximum atomic E-state index is 2.48. The summed E-state index contributed by atoms with van der Waals surface area (Å²) in [7, 11) is 0. The molecule has 0 radical (unpaired) electrons. The summed E-state index contributed by atoms with van der Waals surface area (Å²) in [6.07, 6.45) is 4.24. The Morgan fingerprint density at radius 1 is 1.08 bits per heavy atom. The van der Waals surface area contributed by atoms with Gasteiger partial charge in [0, 0.05) is 0 Å². The maximum Gasteiger partial charge on any atom is -0.0295 e. The highest BCUT2D eigenvalue weighted by Crippen LogP contribution is 2.51. The maximum absolute atomic E-state index is 2.48. The number of hydrogen-bond donors (Lipinski definition) is 0. The zero-order valence-corrected chi connectivity index (χ0v) is 10.3. The molecule has 0 amide bonds. The molecule has 0 aromatic rings. The Morgan fingerprint density at radius 2 is 1.62 bits per heavy atom. The van der Waals surface area contributed by atoms with Gasteiger partial charge in [0.05, 0.1) is 0 Å². The molecule has 1 fully saturated rings. The fourth-order valence-corrected chi connectivity index (χ4v) is 3.49. The first-order valence-electron chi connectivity index (χ1n) is 5.75. The highest BCUT2D eigenvalue weighted by Gasteiger charge is 2.41. The largest absolute Gasteiger partial charge is 0.0625 e. The predicted octanol–water partition coefficient (Wildman–Crippen LogP) is 4.49. The summed E-state index contributed by atoms with van der Waals surface area (Å²) in [5.74, 6) is 1.74. The third kappa shape index (κ3) is 2.48. The molecule has 0 spiro atoms. The van der Waals surface area contributed by atoms with Crippen molar-refractivity contribution >= 4 is 0 Å². The minimum Gasteiger partial charge on any atom is -0.0625 e. The molecule has 1 aliphatic carbocycles. The van der Waals surface area contributed by atoms with E-state index in [-0.39, 0.29) is 0 Å². The van der Waals surface area contributed by atoms with Crippen LogP contribution in [0.3, 0.4) is 0 Å². The van der Waals surface area contributed by atoms with E-state index in [1.165, 1.54) is 19.3 Å². The molecule has 0 nitrogen and oxygen atoms in total. The van der Waals surface area contributed by atoms with Crippen molar-refractivity contribution in [2.24, 2.45) is 22.7 Å². The molecule has 0 aliphatic heterocycles. The standard InChI is InChI=1S/C13H26/c1-10(2)13(6)8-11(3)7-12(4,5)9-13/h10-11H,7-9H2,1-6H3/t11-,13+/m0/s1. The van der Waals surface area contributed by atoms with Gasteiger partial charge in [-0.2, -0.15) is 0 Å². The first-order valence-corrected chi connectivity index (χ1v) is 5.75. The van der Waals surface area contributed by atoms with Crippen molar-refractivity contribution in [2.75, 3.05) is 0 Å². The van der Waals surface area contributed by atoms with Gasteiger partial charge in [-0.3, -0.25) is 0 Å². The van der Waals surface area contributed by atoms with Crippen LogP contribution in [0, 0.1) is 22.7 Å². The van der Waals surface area contributed by atoms with Crippen LogP contribution in [0.4, 0.5) is 0 Å². The number of hydrogen-bond acceptors (Lipinski definition) is 0. The Kier molecular flexibility index (Phi) is 2.81. The summed E-state index contributed by atoms with van der Waals surface area (Å²) in [5.41, 5.74) is 1.15. The van der Waals surface area contributed by atoms with Crippen molar-refractivity contribution < 1.29 is 0 Å². The molecule has 0 bridgehead atoms. The summed E-state index contributed by atoms with van der Waals surface area (Å²) in [6.45, 7) is 14.5. The Morgan fingerprint density at radius 3 is 2.00 bits per heavy atom. The average Bonchev–Trinajstić information content (AvgIpc) is 1.79. The highest BCUT2D eigenvalue weighted by atomic mass is 14.5. The summed E-state index contributed by atoms with van der Waals surface area (Å²) in [4.78, 5) is 0. The van der Waals surface area contributed by atoms with Crippen molar-refractivity contribution in [1.29, 1.82) is 0 Å². The van der Waals surface area contributed by atoms with Gasteiger partial charge in [0.25, 0.3) is 0 Å². The molecule has 0 heterocycles. The van der Waals surface area contributed by atoms with Crippen molar-refractivity contribution in [3.8, 4) is 0 Å². The van der Waals surface area contributed by atoms with Crippen LogP contribution >= 0.6 is 0 Å². The van der Waals surface area contributed by atoms with E-state index < -0.39 is 0 Å². The van der Waals surface area contributed by atoms with E-state index in [4.69, 9.17) is 0 Å². The van der Waals surface area contributed by atoms with Gasteiger partial charge < -0.3 is 0 Å². The van der Waals surface area contributed by atoms with Crippen LogP contribution in [-0.2, 0) is 0 Å². The number of rotatable bonds is 1. The summed E-state index contributed by atoms with van der Waals surface area (Å²) >= 11 is 0. The van der Waals surface area contributed by atoms with Crippen molar-refractivity contribution in [1.82, 2.24) is 0 Å². The Hall–Kier alpha value is 0. The summed E-state index contributed by atoms with van der Waals surface area (Å²) in [6, 6.07) is 0. The monoisotopic (exact) mass is 182 g/mol. The lowest BCUT2D eigenvalue weighted by Gasteiger charge is -2.48. The average molecular weight is 182 g/mol. The molecule has 13 heavy (non-hydrogen) atoms. The zero-order valence-electron chi connectivity index (χ0n) is 10.3. The minimum absolute atomic E-state index is 0.566. The molecule has 0 heteroatoms. The molecular formula is C13H26. The summed E-state index contributed by atoms with van der Waals surface area (Å²) in [5, 5.41) is 0. The zero-order chi connectivity index (χ0) is 10.3. The molecule has 0 saturated heterocycles. The van der Waals surface area contributed by atoms with Crippen LogP contribution in [0.1, 0.15) is 60.8 Å². The first kappa shape index (κ1) is 11.1. The molecule has 0 unspecified atom stereocenters. The van der Waals surface area contributed by atoms with E-state index in [1.807, 2.05) is 0 Å². The second-order valence-electron chi connectivity index (χ2n) is 6.66. The molecular weight excluding hydrogens is 156 g/mol. The lowest BCUT2D eigenvalue weighted by molar-refractivity contribution is 0.0253. The molecule has 1 rings (SSSR count). The quantitative estimate of drug-likeness (QED) is 0.560. The lowest BCUT2D eigenvalue weighted by atomic mass is 9.57. The minimum atomic E-state index is 0.566. The van der Waals surface area contributed by atoms with E-state index >= 15 is 0 Å². The van der Waals surface area contributed by atoms with E-state index in [9.17, 15) is 0 Å². The first-order chi connectivity index (χ1) is 5.75. The molecule has 0 aromatic carbocycles. The third-order valence-corrected chi connectivity index (χ3v) is 3.99. The van der Waals surface area contributed by atoms with Crippen LogP contribution < -0.4 is 0 Å². The molecule has 1 saturated carbocycles. The van der Waals surface area contributed by atoms with Crippen LogP contribution in [0.5, 0.6) is 0 Å².